The molecular weight excluding hydrogens is 300 g/mol. The van der Waals surface area contributed by atoms with Crippen LogP contribution < -0.4 is 11.3 Å². The average Bonchev–Trinajstić information content (AvgIpc) is 2.40. The minimum atomic E-state index is -0.991. The van der Waals surface area contributed by atoms with E-state index in [0.29, 0.717) is 5.56 Å². The van der Waals surface area contributed by atoms with E-state index in [1.54, 1.807) is 0 Å². The second-order valence-electron chi connectivity index (χ2n) is 4.23. The normalized spacial score (nSPS) is 10.6. The summed E-state index contributed by atoms with van der Waals surface area (Å²) in [4.78, 5) is 29.2. The largest absolute Gasteiger partial charge is 0.383 e. The number of Topliss-reactive ketones (excluding diaryl/α,β-unsaturated/α-hetero) is 1. The molecule has 3 N–H and O–H groups in total. The van der Waals surface area contributed by atoms with Gasteiger partial charge in [0.05, 0.1) is 5.75 Å². The van der Waals surface area contributed by atoms with Gasteiger partial charge in [0, 0.05) is 12.5 Å². The molecule has 0 aliphatic heterocycles. The summed E-state index contributed by atoms with van der Waals surface area (Å²) in [6.45, 7) is 0. The third kappa shape index (κ3) is 4.38. The quantitative estimate of drug-likeness (QED) is 0.646. The maximum absolute atomic E-state index is 13.0. The molecule has 1 aromatic heterocycles. The summed E-state index contributed by atoms with van der Waals surface area (Å²) in [6.07, 6.45) is -0.0310. The highest BCUT2D eigenvalue weighted by Crippen LogP contribution is 2.14. The summed E-state index contributed by atoms with van der Waals surface area (Å²) in [6, 6.07) is 4.44. The van der Waals surface area contributed by atoms with E-state index in [1.807, 2.05) is 0 Å². The maximum Gasteiger partial charge on any atom is 0.253 e. The van der Waals surface area contributed by atoms with E-state index in [9.17, 15) is 18.4 Å². The van der Waals surface area contributed by atoms with Crippen LogP contribution in [0.5, 0.6) is 0 Å². The van der Waals surface area contributed by atoms with E-state index >= 15 is 0 Å². The number of nitrogen functional groups attached to an aromatic ring is 1. The molecule has 1 heterocycles. The highest BCUT2D eigenvalue weighted by Gasteiger charge is 2.09. The SMILES string of the molecule is Nc1cc(=O)[nH]c(SCC(=O)Cc2ccc(F)c(F)c2)n1. The van der Waals surface area contributed by atoms with Crippen molar-refractivity contribution in [2.45, 2.75) is 11.6 Å². The van der Waals surface area contributed by atoms with Crippen molar-refractivity contribution in [2.75, 3.05) is 11.5 Å². The van der Waals surface area contributed by atoms with E-state index in [2.05, 4.69) is 9.97 Å². The molecule has 0 atom stereocenters. The molecule has 8 heteroatoms. The van der Waals surface area contributed by atoms with E-state index in [1.165, 1.54) is 6.07 Å². The van der Waals surface area contributed by atoms with Crippen LogP contribution in [0, 0.1) is 11.6 Å². The van der Waals surface area contributed by atoms with Crippen LogP contribution >= 0.6 is 11.8 Å². The van der Waals surface area contributed by atoms with Crippen molar-refractivity contribution in [2.24, 2.45) is 0 Å². The fourth-order valence-corrected chi connectivity index (χ4v) is 2.34. The molecule has 1 aromatic carbocycles. The zero-order valence-electron chi connectivity index (χ0n) is 10.7. The number of halogens is 2. The van der Waals surface area contributed by atoms with Crippen LogP contribution in [0.4, 0.5) is 14.6 Å². The number of nitrogens with two attached hydrogens (primary N) is 1. The fraction of sp³-hybridized carbons (Fsp3) is 0.154. The molecule has 110 valence electrons. The van der Waals surface area contributed by atoms with Crippen LogP contribution in [0.3, 0.4) is 0 Å². The monoisotopic (exact) mass is 311 g/mol. The van der Waals surface area contributed by atoms with Crippen LogP contribution in [-0.4, -0.2) is 21.5 Å². The molecule has 0 spiro atoms. The number of benzene rings is 1. The number of aromatic nitrogens is 2. The lowest BCUT2D eigenvalue weighted by Gasteiger charge is -2.03. The standard InChI is InChI=1S/C13H11F2N3O2S/c14-9-2-1-7(4-10(9)15)3-8(19)6-21-13-17-11(16)5-12(20)18-13/h1-2,4-5H,3,6H2,(H3,16,17,18,20). The Kier molecular flexibility index (Phi) is 4.69. The molecule has 0 unspecified atom stereocenters. The molecule has 2 aromatic rings. The number of rotatable bonds is 5. The van der Waals surface area contributed by atoms with E-state index in [0.717, 1.165) is 30.0 Å². The first kappa shape index (κ1) is 15.2. The van der Waals surface area contributed by atoms with E-state index in [4.69, 9.17) is 5.73 Å². The summed E-state index contributed by atoms with van der Waals surface area (Å²) in [5.41, 5.74) is 5.39. The number of H-pyrrole nitrogens is 1. The highest BCUT2D eigenvalue weighted by atomic mass is 32.2. The Morgan fingerprint density at radius 3 is 2.71 bits per heavy atom. The highest BCUT2D eigenvalue weighted by molar-refractivity contribution is 7.99. The van der Waals surface area contributed by atoms with Gasteiger partial charge in [-0.15, -0.1) is 0 Å². The first-order valence-electron chi connectivity index (χ1n) is 5.89. The number of thioether (sulfide) groups is 1. The van der Waals surface area contributed by atoms with Gasteiger partial charge in [-0.25, -0.2) is 13.8 Å². The fourth-order valence-electron chi connectivity index (χ4n) is 1.60. The minimum Gasteiger partial charge on any atom is -0.383 e. The van der Waals surface area contributed by atoms with Gasteiger partial charge in [0.1, 0.15) is 11.6 Å². The Hall–Kier alpha value is -2.22. The van der Waals surface area contributed by atoms with E-state index in [-0.39, 0.29) is 28.9 Å². The van der Waals surface area contributed by atoms with Crippen molar-refractivity contribution >= 4 is 23.4 Å². The number of carbonyl (C=O) groups is 1. The molecule has 0 saturated heterocycles. The van der Waals surface area contributed by atoms with Crippen LogP contribution in [0.2, 0.25) is 0 Å². The first-order chi connectivity index (χ1) is 9.94. The Labute approximate surface area is 122 Å². The Morgan fingerprint density at radius 1 is 1.29 bits per heavy atom. The van der Waals surface area contributed by atoms with Gasteiger partial charge in [0.2, 0.25) is 0 Å². The zero-order valence-corrected chi connectivity index (χ0v) is 11.5. The summed E-state index contributed by atoms with van der Waals surface area (Å²) < 4.78 is 25.8. The second kappa shape index (κ2) is 6.49. The predicted molar refractivity (Wildman–Crippen MR) is 75.1 cm³/mol. The van der Waals surface area contributed by atoms with Crippen molar-refractivity contribution in [1.82, 2.24) is 9.97 Å². The van der Waals surface area contributed by atoms with Crippen LogP contribution in [0.25, 0.3) is 0 Å². The lowest BCUT2D eigenvalue weighted by atomic mass is 10.1. The third-order valence-corrected chi connectivity index (χ3v) is 3.43. The summed E-state index contributed by atoms with van der Waals surface area (Å²) in [7, 11) is 0. The lowest BCUT2D eigenvalue weighted by Crippen LogP contribution is -2.11. The minimum absolute atomic E-state index is 0.0310. The Morgan fingerprint density at radius 2 is 2.05 bits per heavy atom. The molecule has 21 heavy (non-hydrogen) atoms. The number of hydrogen-bond acceptors (Lipinski definition) is 5. The zero-order chi connectivity index (χ0) is 15.4. The average molecular weight is 311 g/mol. The molecule has 0 radical (unpaired) electrons. The first-order valence-corrected chi connectivity index (χ1v) is 6.88. The Bertz CT molecular complexity index is 734. The van der Waals surface area contributed by atoms with Crippen molar-refractivity contribution in [3.63, 3.8) is 0 Å². The van der Waals surface area contributed by atoms with Gasteiger partial charge in [0.25, 0.3) is 5.56 Å². The third-order valence-electron chi connectivity index (χ3n) is 2.49. The molecule has 5 nitrogen and oxygen atoms in total. The number of carbonyl (C=O) groups excluding carboxylic acids is 1. The van der Waals surface area contributed by atoms with Gasteiger partial charge in [-0.2, -0.15) is 0 Å². The number of nitrogens with zero attached hydrogens (tertiary/aromatic N) is 1. The molecular formula is C13H11F2N3O2S. The smallest absolute Gasteiger partial charge is 0.253 e. The molecule has 2 rings (SSSR count). The van der Waals surface area contributed by atoms with Crippen molar-refractivity contribution in [1.29, 1.82) is 0 Å². The Balaban J connectivity index is 1.95. The molecule has 0 aliphatic carbocycles. The molecule has 0 saturated carbocycles. The summed E-state index contributed by atoms with van der Waals surface area (Å²) in [5.74, 6) is -2.06. The van der Waals surface area contributed by atoms with Crippen molar-refractivity contribution in [3.8, 4) is 0 Å². The van der Waals surface area contributed by atoms with Crippen molar-refractivity contribution < 1.29 is 13.6 Å². The van der Waals surface area contributed by atoms with Gasteiger partial charge in [-0.05, 0) is 17.7 Å². The summed E-state index contributed by atoms with van der Waals surface area (Å²) >= 11 is 1.02. The van der Waals surface area contributed by atoms with Crippen molar-refractivity contribution in [3.05, 3.63) is 51.8 Å². The molecule has 0 bridgehead atoms. The predicted octanol–water partition coefficient (Wildman–Crippen LogP) is 1.53. The number of nitrogens with one attached hydrogen (secondary N) is 1. The summed E-state index contributed by atoms with van der Waals surface area (Å²) in [5, 5.41) is 0.235. The topological polar surface area (TPSA) is 88.8 Å². The van der Waals surface area contributed by atoms with Crippen LogP contribution in [0.1, 0.15) is 5.56 Å². The molecule has 0 amide bonds. The van der Waals surface area contributed by atoms with Crippen LogP contribution in [0.15, 0.2) is 34.2 Å². The van der Waals surface area contributed by atoms with E-state index < -0.39 is 17.2 Å². The maximum atomic E-state index is 13.0. The van der Waals surface area contributed by atoms with Gasteiger partial charge in [-0.3, -0.25) is 9.59 Å². The number of anilines is 1. The molecule has 0 fully saturated rings. The lowest BCUT2D eigenvalue weighted by molar-refractivity contribution is -0.116. The number of hydrogen-bond donors (Lipinski definition) is 2. The molecule has 0 aliphatic rings. The van der Waals surface area contributed by atoms with Crippen LogP contribution in [-0.2, 0) is 11.2 Å². The number of ketones is 1. The van der Waals surface area contributed by atoms with Gasteiger partial charge < -0.3 is 10.7 Å². The second-order valence-corrected chi connectivity index (χ2v) is 5.19. The van der Waals surface area contributed by atoms with Gasteiger partial charge >= 0.3 is 0 Å². The van der Waals surface area contributed by atoms with Gasteiger partial charge in [0.15, 0.2) is 16.8 Å². The van der Waals surface area contributed by atoms with Gasteiger partial charge in [-0.1, -0.05) is 17.8 Å². The number of aromatic amines is 1.